The molecule has 0 spiro atoms. The van der Waals surface area contributed by atoms with Crippen molar-refractivity contribution in [2.75, 3.05) is 19.5 Å². The number of thioether (sulfide) groups is 1. The number of aldehydes is 1. The second-order valence-electron chi connectivity index (χ2n) is 4.92. The number of hydrogen-bond acceptors (Lipinski definition) is 5. The number of carbonyl (C=O) groups excluding carboxylic acids is 1. The smallest absolute Gasteiger partial charge is 0.406 e. The summed E-state index contributed by atoms with van der Waals surface area (Å²) in [5.41, 5.74) is 1.76. The summed E-state index contributed by atoms with van der Waals surface area (Å²) in [6.07, 6.45) is -2.13. The van der Waals surface area contributed by atoms with Crippen molar-refractivity contribution in [3.8, 4) is 5.75 Å². The quantitative estimate of drug-likeness (QED) is 0.516. The van der Waals surface area contributed by atoms with E-state index in [0.29, 0.717) is 16.8 Å². The minimum absolute atomic E-state index is 0.297. The van der Waals surface area contributed by atoms with Crippen LogP contribution in [0.1, 0.15) is 22.8 Å². The molecule has 0 radical (unpaired) electrons. The minimum atomic E-state index is -4.74. The molecule has 146 valence electrons. The first-order chi connectivity index (χ1) is 12.9. The Morgan fingerprint density at radius 2 is 1.85 bits per heavy atom. The minimum Gasteiger partial charge on any atom is -0.406 e. The van der Waals surface area contributed by atoms with Gasteiger partial charge in [0, 0.05) is 46.8 Å². The summed E-state index contributed by atoms with van der Waals surface area (Å²) >= 11 is 1.37. The number of hydrogen-bond donors (Lipinski definition) is 2. The number of nitrogens with one attached hydrogen (secondary N) is 1. The predicted octanol–water partition coefficient (Wildman–Crippen LogP) is 5.20. The van der Waals surface area contributed by atoms with Crippen molar-refractivity contribution in [1.29, 1.82) is 0 Å². The van der Waals surface area contributed by atoms with Gasteiger partial charge in [-0.15, -0.1) is 13.2 Å². The number of halogens is 3. The standard InChI is InChI=1S/C18H16F3NO2S.CH4O/c1-3-16(25-17-7-5-4-6-12(17)11-23)14-9-8-13(10-15(14)22-2)24-18(19,20)21;1-2/h3-11,22H,1-2H3;2H,1H3/b16-3-;. The average Bonchev–Trinajstić information content (AvgIpc) is 2.66. The van der Waals surface area contributed by atoms with Crippen LogP contribution in [0.3, 0.4) is 0 Å². The van der Waals surface area contributed by atoms with Crippen LogP contribution in [0.4, 0.5) is 18.9 Å². The van der Waals surface area contributed by atoms with Gasteiger partial charge in [-0.2, -0.15) is 0 Å². The molecule has 4 nitrogen and oxygen atoms in total. The van der Waals surface area contributed by atoms with Crippen LogP contribution in [0.2, 0.25) is 0 Å². The lowest BCUT2D eigenvalue weighted by Crippen LogP contribution is -2.17. The molecule has 2 aromatic carbocycles. The monoisotopic (exact) mass is 399 g/mol. The van der Waals surface area contributed by atoms with Crippen molar-refractivity contribution in [2.45, 2.75) is 18.2 Å². The second-order valence-corrected chi connectivity index (χ2v) is 6.00. The Morgan fingerprint density at radius 3 is 2.41 bits per heavy atom. The van der Waals surface area contributed by atoms with Crippen molar-refractivity contribution in [3.05, 3.63) is 59.7 Å². The zero-order chi connectivity index (χ0) is 20.4. The number of alkyl halides is 3. The Bertz CT molecular complexity index is 792. The van der Waals surface area contributed by atoms with Crippen molar-refractivity contribution < 1.29 is 27.8 Å². The molecule has 0 saturated carbocycles. The third-order valence-corrected chi connectivity index (χ3v) is 4.55. The summed E-state index contributed by atoms with van der Waals surface area (Å²) in [7, 11) is 2.62. The van der Waals surface area contributed by atoms with Gasteiger partial charge in [0.25, 0.3) is 0 Å². The second kappa shape index (κ2) is 10.6. The van der Waals surface area contributed by atoms with Crippen LogP contribution in [0.15, 0.2) is 53.4 Å². The number of anilines is 1. The topological polar surface area (TPSA) is 58.6 Å². The molecule has 0 saturated heterocycles. The Labute approximate surface area is 160 Å². The van der Waals surface area contributed by atoms with Gasteiger partial charge in [0.05, 0.1) is 0 Å². The summed E-state index contributed by atoms with van der Waals surface area (Å²) in [6, 6.07) is 11.2. The number of allylic oxidation sites excluding steroid dienone is 1. The van der Waals surface area contributed by atoms with E-state index in [9.17, 15) is 18.0 Å². The van der Waals surface area contributed by atoms with E-state index in [4.69, 9.17) is 5.11 Å². The fourth-order valence-electron chi connectivity index (χ4n) is 2.20. The van der Waals surface area contributed by atoms with E-state index in [-0.39, 0.29) is 5.75 Å². The zero-order valence-electron chi connectivity index (χ0n) is 15.0. The fraction of sp³-hybridized carbons (Fsp3) is 0.211. The maximum Gasteiger partial charge on any atom is 0.573 e. The number of aliphatic hydroxyl groups excluding tert-OH is 1. The van der Waals surface area contributed by atoms with Crippen LogP contribution in [-0.2, 0) is 0 Å². The summed E-state index contributed by atoms with van der Waals surface area (Å²) < 4.78 is 41.1. The van der Waals surface area contributed by atoms with Gasteiger partial charge in [0.15, 0.2) is 6.29 Å². The summed E-state index contributed by atoms with van der Waals surface area (Å²) in [4.78, 5) is 12.7. The Kier molecular flexibility index (Phi) is 8.90. The zero-order valence-corrected chi connectivity index (χ0v) is 15.8. The molecule has 0 fully saturated rings. The number of rotatable bonds is 6. The Balaban J connectivity index is 0.00000176. The average molecular weight is 399 g/mol. The first-order valence-corrected chi connectivity index (χ1v) is 8.60. The highest BCUT2D eigenvalue weighted by atomic mass is 32.2. The van der Waals surface area contributed by atoms with Crippen LogP contribution in [-0.4, -0.2) is 31.9 Å². The number of ether oxygens (including phenoxy) is 1. The highest BCUT2D eigenvalue weighted by Crippen LogP contribution is 2.40. The maximum atomic E-state index is 12.4. The molecule has 0 aliphatic heterocycles. The predicted molar refractivity (Wildman–Crippen MR) is 102 cm³/mol. The normalized spacial score (nSPS) is 11.3. The fourth-order valence-corrected chi connectivity index (χ4v) is 3.22. The van der Waals surface area contributed by atoms with E-state index in [1.807, 2.05) is 25.1 Å². The Morgan fingerprint density at radius 1 is 1.19 bits per heavy atom. The first-order valence-electron chi connectivity index (χ1n) is 7.79. The lowest BCUT2D eigenvalue weighted by Gasteiger charge is -2.16. The number of aliphatic hydroxyl groups is 1. The molecule has 0 bridgehead atoms. The lowest BCUT2D eigenvalue weighted by atomic mass is 10.1. The van der Waals surface area contributed by atoms with Crippen LogP contribution in [0, 0.1) is 0 Å². The number of carbonyl (C=O) groups is 1. The van der Waals surface area contributed by atoms with Gasteiger partial charge in [0.2, 0.25) is 0 Å². The molecular weight excluding hydrogens is 379 g/mol. The van der Waals surface area contributed by atoms with E-state index < -0.39 is 6.36 Å². The van der Waals surface area contributed by atoms with E-state index in [1.165, 1.54) is 23.9 Å². The van der Waals surface area contributed by atoms with Gasteiger partial charge >= 0.3 is 6.36 Å². The van der Waals surface area contributed by atoms with E-state index >= 15 is 0 Å². The van der Waals surface area contributed by atoms with Crippen molar-refractivity contribution >= 4 is 28.6 Å². The molecule has 0 unspecified atom stereocenters. The molecule has 0 aliphatic rings. The van der Waals surface area contributed by atoms with Crippen molar-refractivity contribution in [3.63, 3.8) is 0 Å². The molecule has 2 N–H and O–H groups in total. The molecule has 0 aromatic heterocycles. The van der Waals surface area contributed by atoms with Gasteiger partial charge in [-0.3, -0.25) is 4.79 Å². The first kappa shape index (κ1) is 22.6. The van der Waals surface area contributed by atoms with Crippen LogP contribution in [0.5, 0.6) is 5.75 Å². The van der Waals surface area contributed by atoms with Crippen LogP contribution >= 0.6 is 11.8 Å². The summed E-state index contributed by atoms with van der Waals surface area (Å²) in [5.74, 6) is -0.297. The largest absolute Gasteiger partial charge is 0.573 e. The van der Waals surface area contributed by atoms with Crippen LogP contribution < -0.4 is 10.1 Å². The van der Waals surface area contributed by atoms with E-state index in [1.54, 1.807) is 25.2 Å². The van der Waals surface area contributed by atoms with E-state index in [2.05, 4.69) is 10.1 Å². The van der Waals surface area contributed by atoms with Crippen LogP contribution in [0.25, 0.3) is 4.91 Å². The van der Waals surface area contributed by atoms with Crippen molar-refractivity contribution in [2.24, 2.45) is 0 Å². The maximum absolute atomic E-state index is 12.4. The van der Waals surface area contributed by atoms with Crippen molar-refractivity contribution in [1.82, 2.24) is 0 Å². The molecule has 0 aliphatic carbocycles. The number of benzene rings is 2. The molecule has 2 aromatic rings. The molecular formula is C19H20F3NO3S. The molecule has 0 amide bonds. The van der Waals surface area contributed by atoms with E-state index in [0.717, 1.165) is 23.2 Å². The highest BCUT2D eigenvalue weighted by molar-refractivity contribution is 8.08. The molecule has 27 heavy (non-hydrogen) atoms. The third kappa shape index (κ3) is 6.65. The van der Waals surface area contributed by atoms with Gasteiger partial charge in [-0.05, 0) is 25.1 Å². The summed E-state index contributed by atoms with van der Waals surface area (Å²) in [6.45, 7) is 1.82. The lowest BCUT2D eigenvalue weighted by molar-refractivity contribution is -0.274. The van der Waals surface area contributed by atoms with Gasteiger partial charge in [-0.25, -0.2) is 0 Å². The van der Waals surface area contributed by atoms with Gasteiger partial charge in [-0.1, -0.05) is 36.0 Å². The Hall–Kier alpha value is -2.45. The molecule has 0 atom stereocenters. The molecule has 2 rings (SSSR count). The molecule has 8 heteroatoms. The van der Waals surface area contributed by atoms with Gasteiger partial charge in [0.1, 0.15) is 5.75 Å². The SMILES string of the molecule is C/C=C(\Sc1ccccc1C=O)c1ccc(OC(F)(F)F)cc1NC.CO. The van der Waals surface area contributed by atoms with Gasteiger partial charge < -0.3 is 15.2 Å². The molecule has 0 heterocycles. The highest BCUT2D eigenvalue weighted by Gasteiger charge is 2.31. The summed E-state index contributed by atoms with van der Waals surface area (Å²) in [5, 5.41) is 9.88. The third-order valence-electron chi connectivity index (χ3n) is 3.29.